The predicted octanol–water partition coefficient (Wildman–Crippen LogP) is 14.8. The first-order valence-corrected chi connectivity index (χ1v) is 22.2. The molecule has 4 heteroatoms. The van der Waals surface area contributed by atoms with Gasteiger partial charge in [-0.05, 0) is 163 Å². The van der Waals surface area contributed by atoms with Crippen molar-refractivity contribution in [1.29, 1.82) is 0 Å². The van der Waals surface area contributed by atoms with Crippen molar-refractivity contribution in [3.8, 4) is 51.0 Å². The Morgan fingerprint density at radius 2 is 1.23 bits per heavy atom. The molecule has 1 fully saturated rings. The number of aromatic hydroxyl groups is 1. The highest BCUT2D eigenvalue weighted by atomic mass is 16.5. The number of para-hydroxylation sites is 1. The highest BCUT2D eigenvalue weighted by Gasteiger charge is 2.63. The summed E-state index contributed by atoms with van der Waals surface area (Å²) < 4.78 is 6.64. The fourth-order valence-electron chi connectivity index (χ4n) is 12.7. The Kier molecular flexibility index (Phi) is 8.97. The zero-order valence-electron chi connectivity index (χ0n) is 37.1. The summed E-state index contributed by atoms with van der Waals surface area (Å²) in [6.45, 7) is 19.5. The molecule has 7 aromatic rings. The number of hydrogen-bond acceptors (Lipinski definition) is 4. The maximum absolute atomic E-state index is 10.9. The number of rotatable bonds is 6. The van der Waals surface area contributed by atoms with Gasteiger partial charge in [-0.1, -0.05) is 134 Å². The van der Waals surface area contributed by atoms with Crippen molar-refractivity contribution in [3.05, 3.63) is 161 Å². The molecular weight excluding hydrogens is 745 g/mol. The number of phenols is 1. The molecule has 10 rings (SSSR count). The van der Waals surface area contributed by atoms with Crippen molar-refractivity contribution in [2.45, 2.75) is 104 Å². The second-order valence-electron chi connectivity index (χ2n) is 21.2. The van der Waals surface area contributed by atoms with E-state index in [-0.39, 0.29) is 32.8 Å². The summed E-state index contributed by atoms with van der Waals surface area (Å²) in [6, 6.07) is 45.1. The van der Waals surface area contributed by atoms with Crippen molar-refractivity contribution in [1.82, 2.24) is 9.97 Å². The third-order valence-corrected chi connectivity index (χ3v) is 15.3. The molecule has 0 saturated heterocycles. The number of hydrogen-bond donors (Lipinski definition) is 1. The lowest BCUT2D eigenvalue weighted by molar-refractivity contribution is 0.0888. The van der Waals surface area contributed by atoms with Gasteiger partial charge in [0.05, 0.1) is 11.4 Å². The molecule has 1 spiro atoms. The third-order valence-electron chi connectivity index (χ3n) is 15.3. The van der Waals surface area contributed by atoms with E-state index in [1.807, 2.05) is 48.7 Å². The topological polar surface area (TPSA) is 55.2 Å². The van der Waals surface area contributed by atoms with E-state index in [4.69, 9.17) is 14.7 Å². The summed E-state index contributed by atoms with van der Waals surface area (Å²) >= 11 is 0. The second-order valence-corrected chi connectivity index (χ2v) is 21.2. The van der Waals surface area contributed by atoms with Gasteiger partial charge in [0, 0.05) is 17.8 Å². The smallest absolute Gasteiger partial charge is 0.219 e. The summed E-state index contributed by atoms with van der Waals surface area (Å²) in [5, 5.41) is 13.5. The number of benzene rings is 5. The van der Waals surface area contributed by atoms with Crippen molar-refractivity contribution in [3.63, 3.8) is 0 Å². The fourth-order valence-corrected chi connectivity index (χ4v) is 12.7. The number of ether oxygens (including phenoxy) is 1. The lowest BCUT2D eigenvalue weighted by Crippen LogP contribution is -2.48. The van der Waals surface area contributed by atoms with E-state index in [0.29, 0.717) is 17.5 Å². The minimum atomic E-state index is 0.0657. The van der Waals surface area contributed by atoms with Crippen LogP contribution >= 0.6 is 0 Å². The molecule has 1 N–H and O–H groups in total. The molecule has 61 heavy (non-hydrogen) atoms. The summed E-state index contributed by atoms with van der Waals surface area (Å²) in [4.78, 5) is 9.81. The molecule has 1 saturated carbocycles. The molecular formula is C57H58N2O2. The van der Waals surface area contributed by atoms with Gasteiger partial charge in [0.2, 0.25) is 5.88 Å². The van der Waals surface area contributed by atoms with Crippen LogP contribution in [0.1, 0.15) is 108 Å². The Bertz CT molecular complexity index is 2810. The van der Waals surface area contributed by atoms with Crippen LogP contribution in [0.3, 0.4) is 0 Å². The lowest BCUT2D eigenvalue weighted by atomic mass is 9.55. The molecule has 0 aliphatic heterocycles. The van der Waals surface area contributed by atoms with Gasteiger partial charge < -0.3 is 9.84 Å². The van der Waals surface area contributed by atoms with Crippen molar-refractivity contribution < 1.29 is 9.84 Å². The molecule has 0 bridgehead atoms. The largest absolute Gasteiger partial charge is 0.507 e. The van der Waals surface area contributed by atoms with Gasteiger partial charge in [0.15, 0.2) is 0 Å². The van der Waals surface area contributed by atoms with E-state index in [1.54, 1.807) is 6.07 Å². The summed E-state index contributed by atoms with van der Waals surface area (Å²) in [5.74, 6) is 1.84. The number of fused-ring (bicyclic) bond motifs is 3. The van der Waals surface area contributed by atoms with Gasteiger partial charge in [0.1, 0.15) is 11.5 Å². The van der Waals surface area contributed by atoms with Crippen LogP contribution in [0.25, 0.3) is 44.4 Å². The Morgan fingerprint density at radius 1 is 0.574 bits per heavy atom. The number of aromatic nitrogens is 2. The van der Waals surface area contributed by atoms with Crippen LogP contribution in [0, 0.1) is 16.2 Å². The Balaban J connectivity index is 0.944. The lowest BCUT2D eigenvalue weighted by Gasteiger charge is -2.47. The molecule has 3 aliphatic rings. The maximum Gasteiger partial charge on any atom is 0.219 e. The standard InChI is InChI=1S/C57H58N2O2/c1-53(2)31-44(32-54(3,4)35-53)40-26-41(46-14-9-12-18-51(46)60)29-45(28-40)61-52-19-13-17-49(59-52)50-30-38(22-23-58-50)36-20-21-37-25-42-33-57(34-43(42)27-39(37)24-36)55(5,6)47-15-10-11-16-48(47)56(57,7)8/h9-30,44,60H,31-35H2,1-8H3. The van der Waals surface area contributed by atoms with E-state index in [1.165, 1.54) is 45.0 Å². The predicted molar refractivity (Wildman–Crippen MR) is 251 cm³/mol. The van der Waals surface area contributed by atoms with Crippen LogP contribution in [-0.4, -0.2) is 15.1 Å². The van der Waals surface area contributed by atoms with Crippen molar-refractivity contribution in [2.75, 3.05) is 0 Å². The molecule has 4 nitrogen and oxygen atoms in total. The first-order chi connectivity index (χ1) is 29.0. The zero-order valence-corrected chi connectivity index (χ0v) is 37.1. The molecule has 0 radical (unpaired) electrons. The Labute approximate surface area is 362 Å². The van der Waals surface area contributed by atoms with Crippen LogP contribution in [0.15, 0.2) is 134 Å². The maximum atomic E-state index is 10.9. The Morgan fingerprint density at radius 3 is 1.93 bits per heavy atom. The molecule has 0 atom stereocenters. The first-order valence-electron chi connectivity index (χ1n) is 22.2. The average molecular weight is 803 g/mol. The van der Waals surface area contributed by atoms with Gasteiger partial charge in [0.25, 0.3) is 0 Å². The van der Waals surface area contributed by atoms with Gasteiger partial charge in [-0.25, -0.2) is 4.98 Å². The minimum Gasteiger partial charge on any atom is -0.507 e. The molecule has 5 aromatic carbocycles. The minimum absolute atomic E-state index is 0.0657. The second kappa shape index (κ2) is 13.9. The zero-order chi connectivity index (χ0) is 42.5. The normalized spacial score (nSPS) is 19.1. The molecule has 2 aromatic heterocycles. The average Bonchev–Trinajstić information content (AvgIpc) is 3.67. The van der Waals surface area contributed by atoms with Gasteiger partial charge in [-0.2, -0.15) is 0 Å². The van der Waals surface area contributed by atoms with Crippen LogP contribution in [0.2, 0.25) is 0 Å². The highest BCUT2D eigenvalue weighted by Crippen LogP contribution is 2.67. The first kappa shape index (κ1) is 39.4. The number of nitrogens with zero attached hydrogens (tertiary/aromatic N) is 2. The van der Waals surface area contributed by atoms with Gasteiger partial charge in [-0.15, -0.1) is 0 Å². The number of pyridine rings is 2. The molecule has 3 aliphatic carbocycles. The SMILES string of the molecule is CC1(C)CC(c2cc(Oc3cccc(-c4cc(-c5ccc6cc7c(cc6c5)CC5(C7)C(C)(C)c6ccccc6C5(C)C)ccn4)n3)cc(-c3ccccc3O)c2)CC(C)(C)C1. The molecule has 308 valence electrons. The Hall–Kier alpha value is -5.74. The van der Waals surface area contributed by atoms with Gasteiger partial charge in [-0.3, -0.25) is 4.98 Å². The van der Waals surface area contributed by atoms with Crippen LogP contribution in [0.5, 0.6) is 17.4 Å². The van der Waals surface area contributed by atoms with Crippen LogP contribution < -0.4 is 4.74 Å². The third kappa shape index (κ3) is 6.65. The van der Waals surface area contributed by atoms with E-state index >= 15 is 0 Å². The fraction of sp³-hybridized carbons (Fsp3) is 0.333. The van der Waals surface area contributed by atoms with Crippen LogP contribution in [-0.2, 0) is 23.7 Å². The highest BCUT2D eigenvalue weighted by molar-refractivity contribution is 5.89. The van der Waals surface area contributed by atoms with Gasteiger partial charge >= 0.3 is 0 Å². The summed E-state index contributed by atoms with van der Waals surface area (Å²) in [7, 11) is 0. The van der Waals surface area contributed by atoms with Crippen molar-refractivity contribution >= 4 is 10.8 Å². The molecule has 0 unspecified atom stereocenters. The molecule has 0 amide bonds. The van der Waals surface area contributed by atoms with E-state index in [2.05, 4.69) is 134 Å². The summed E-state index contributed by atoms with van der Waals surface area (Å²) in [5.41, 5.74) is 13.5. The van der Waals surface area contributed by atoms with Crippen LogP contribution in [0.4, 0.5) is 0 Å². The monoisotopic (exact) mass is 802 g/mol. The quantitative estimate of drug-likeness (QED) is 0.182. The number of phenolic OH excluding ortho intramolecular Hbond substituents is 1. The van der Waals surface area contributed by atoms with E-state index in [9.17, 15) is 5.11 Å². The van der Waals surface area contributed by atoms with E-state index < -0.39 is 0 Å². The summed E-state index contributed by atoms with van der Waals surface area (Å²) in [6.07, 6.45) is 7.45. The van der Waals surface area contributed by atoms with Crippen molar-refractivity contribution in [2.24, 2.45) is 16.2 Å². The molecule has 2 heterocycles. The van der Waals surface area contributed by atoms with E-state index in [0.717, 1.165) is 59.3 Å².